The van der Waals surface area contributed by atoms with E-state index in [1.165, 1.54) is 25.8 Å². The van der Waals surface area contributed by atoms with Gasteiger partial charge in [0.05, 0.1) is 11.0 Å². The fraction of sp³-hybridized carbons (Fsp3) is 0.690. The average molecular weight is 527 g/mol. The zero-order chi connectivity index (χ0) is 27.4. The number of carbonyl (C=O) groups is 2. The summed E-state index contributed by atoms with van der Waals surface area (Å²) < 4.78 is 3.17. The second-order valence-electron chi connectivity index (χ2n) is 10.5. The van der Waals surface area contributed by atoms with Gasteiger partial charge in [-0.2, -0.15) is 0 Å². The van der Waals surface area contributed by atoms with Gasteiger partial charge in [-0.1, -0.05) is 27.7 Å². The van der Waals surface area contributed by atoms with Crippen molar-refractivity contribution in [2.24, 2.45) is 7.05 Å². The Morgan fingerprint density at radius 3 is 2.32 bits per heavy atom. The molecule has 38 heavy (non-hydrogen) atoms. The summed E-state index contributed by atoms with van der Waals surface area (Å²) in [7, 11) is 1.76. The van der Waals surface area contributed by atoms with E-state index in [0.717, 1.165) is 55.7 Å². The van der Waals surface area contributed by atoms with Crippen LogP contribution in [0.15, 0.2) is 23.0 Å². The Hall–Kier alpha value is -2.65. The number of aryl methyl sites for hydroxylation is 1. The van der Waals surface area contributed by atoms with E-state index in [4.69, 9.17) is 0 Å². The van der Waals surface area contributed by atoms with E-state index in [-0.39, 0.29) is 18.0 Å². The molecular weight excluding hydrogens is 480 g/mol. The molecule has 1 aromatic heterocycles. The van der Waals surface area contributed by atoms with Gasteiger partial charge in [0.25, 0.3) is 0 Å². The maximum absolute atomic E-state index is 13.1. The molecule has 0 aliphatic carbocycles. The van der Waals surface area contributed by atoms with Gasteiger partial charge in [0.2, 0.25) is 11.8 Å². The molecule has 9 nitrogen and oxygen atoms in total. The molecule has 1 spiro atoms. The maximum Gasteiger partial charge on any atom is 0.329 e. The van der Waals surface area contributed by atoms with Crippen LogP contribution in [0.5, 0.6) is 0 Å². The van der Waals surface area contributed by atoms with Crippen molar-refractivity contribution in [3.63, 3.8) is 0 Å². The Labute approximate surface area is 226 Å². The molecular formula is C29H46N6O3. The van der Waals surface area contributed by atoms with Crippen LogP contribution in [0.1, 0.15) is 78.7 Å². The first-order valence-electron chi connectivity index (χ1n) is 14.7. The van der Waals surface area contributed by atoms with Gasteiger partial charge in [0.15, 0.2) is 0 Å². The summed E-state index contributed by atoms with van der Waals surface area (Å²) in [5, 5.41) is 5.97. The number of benzene rings is 1. The van der Waals surface area contributed by atoms with Crippen LogP contribution in [0.3, 0.4) is 0 Å². The number of carbonyl (C=O) groups excluding carboxylic acids is 2. The van der Waals surface area contributed by atoms with Gasteiger partial charge in [0.1, 0.15) is 6.04 Å². The third kappa shape index (κ3) is 5.02. The van der Waals surface area contributed by atoms with Gasteiger partial charge < -0.3 is 10.2 Å². The monoisotopic (exact) mass is 526 g/mol. The molecule has 4 saturated heterocycles. The molecule has 2 aromatic rings. The molecule has 4 fully saturated rings. The fourth-order valence-corrected chi connectivity index (χ4v) is 6.93. The molecule has 0 saturated carbocycles. The topological polar surface area (TPSA) is 91.6 Å². The van der Waals surface area contributed by atoms with Gasteiger partial charge >= 0.3 is 5.69 Å². The largest absolute Gasteiger partial charge is 0.371 e. The third-order valence-corrected chi connectivity index (χ3v) is 8.74. The number of hydrogen-bond acceptors (Lipinski definition) is 6. The summed E-state index contributed by atoms with van der Waals surface area (Å²) in [4.78, 5) is 42.3. The van der Waals surface area contributed by atoms with Crippen molar-refractivity contribution in [2.75, 3.05) is 37.6 Å². The highest BCUT2D eigenvalue weighted by Gasteiger charge is 2.46. The normalized spacial score (nSPS) is 26.2. The minimum Gasteiger partial charge on any atom is -0.371 e. The van der Waals surface area contributed by atoms with Crippen LogP contribution in [0.4, 0.5) is 5.69 Å². The van der Waals surface area contributed by atoms with Crippen molar-refractivity contribution in [2.45, 2.75) is 90.3 Å². The Morgan fingerprint density at radius 2 is 1.66 bits per heavy atom. The molecule has 0 radical (unpaired) electrons. The summed E-state index contributed by atoms with van der Waals surface area (Å²) in [6.07, 6.45) is 6.85. The molecule has 0 bridgehead atoms. The molecule has 1 aromatic carbocycles. The predicted molar refractivity (Wildman–Crippen MR) is 153 cm³/mol. The molecule has 9 heteroatoms. The van der Waals surface area contributed by atoms with Gasteiger partial charge in [0, 0.05) is 50.4 Å². The van der Waals surface area contributed by atoms with Crippen molar-refractivity contribution in [3.8, 4) is 0 Å². The third-order valence-electron chi connectivity index (χ3n) is 8.74. The first-order chi connectivity index (χ1) is 18.5. The predicted octanol–water partition coefficient (Wildman–Crippen LogP) is 3.17. The summed E-state index contributed by atoms with van der Waals surface area (Å²) in [5.74, 6) is -0.668. The number of nitrogens with one attached hydrogen (secondary N) is 2. The number of rotatable bonds is 3. The molecule has 6 rings (SSSR count). The number of imidazole rings is 1. The number of imide groups is 1. The summed E-state index contributed by atoms with van der Waals surface area (Å²) in [6, 6.07) is 6.12. The number of hydrogen-bond donors (Lipinski definition) is 2. The zero-order valence-corrected chi connectivity index (χ0v) is 23.9. The lowest BCUT2D eigenvalue weighted by atomic mass is 9.91. The highest BCUT2D eigenvalue weighted by Crippen LogP contribution is 2.39. The lowest BCUT2D eigenvalue weighted by Crippen LogP contribution is -2.54. The molecule has 2 unspecified atom stereocenters. The first kappa shape index (κ1) is 28.4. The van der Waals surface area contributed by atoms with Gasteiger partial charge in [-0.3, -0.25) is 28.9 Å². The van der Waals surface area contributed by atoms with E-state index >= 15 is 0 Å². The Balaban J connectivity index is 0.000000804. The molecule has 5 heterocycles. The molecule has 2 N–H and O–H groups in total. The van der Waals surface area contributed by atoms with Gasteiger partial charge in [-0.25, -0.2) is 4.79 Å². The number of piperidine rings is 2. The van der Waals surface area contributed by atoms with E-state index in [1.54, 1.807) is 16.2 Å². The van der Waals surface area contributed by atoms with Crippen molar-refractivity contribution >= 4 is 28.5 Å². The van der Waals surface area contributed by atoms with Crippen LogP contribution in [-0.4, -0.2) is 70.2 Å². The highest BCUT2D eigenvalue weighted by atomic mass is 16.2. The number of likely N-dealkylation sites (tertiary alicyclic amines) is 1. The molecule has 2 amide bonds. The first-order valence-corrected chi connectivity index (χ1v) is 14.7. The summed E-state index contributed by atoms with van der Waals surface area (Å²) in [5.41, 5.74) is 2.87. The number of anilines is 1. The summed E-state index contributed by atoms with van der Waals surface area (Å²) in [6.45, 7) is 13.5. The number of nitrogens with zero attached hydrogens (tertiary/aromatic N) is 4. The minimum absolute atomic E-state index is 0.218. The van der Waals surface area contributed by atoms with Crippen LogP contribution in [0.2, 0.25) is 0 Å². The second-order valence-corrected chi connectivity index (χ2v) is 10.5. The lowest BCUT2D eigenvalue weighted by Gasteiger charge is -2.44. The average Bonchev–Trinajstić information content (AvgIpc) is 3.66. The van der Waals surface area contributed by atoms with Crippen molar-refractivity contribution < 1.29 is 9.59 Å². The van der Waals surface area contributed by atoms with Crippen LogP contribution in [0, 0.1) is 0 Å². The number of fused-ring (bicyclic) bond motifs is 1. The van der Waals surface area contributed by atoms with Crippen LogP contribution >= 0.6 is 0 Å². The van der Waals surface area contributed by atoms with E-state index in [2.05, 4.69) is 32.6 Å². The lowest BCUT2D eigenvalue weighted by molar-refractivity contribution is -0.135. The molecule has 4 aliphatic heterocycles. The second kappa shape index (κ2) is 12.0. The smallest absolute Gasteiger partial charge is 0.329 e. The van der Waals surface area contributed by atoms with Crippen LogP contribution < -0.4 is 21.2 Å². The van der Waals surface area contributed by atoms with Gasteiger partial charge in [-0.05, 0) is 69.8 Å². The Bertz CT molecular complexity index is 1180. The fourth-order valence-electron chi connectivity index (χ4n) is 6.93. The van der Waals surface area contributed by atoms with Crippen molar-refractivity contribution in [3.05, 3.63) is 28.7 Å². The van der Waals surface area contributed by atoms with E-state index in [0.29, 0.717) is 18.0 Å². The van der Waals surface area contributed by atoms with E-state index in [1.807, 2.05) is 33.8 Å². The maximum atomic E-state index is 13.1. The van der Waals surface area contributed by atoms with E-state index < -0.39 is 11.9 Å². The highest BCUT2D eigenvalue weighted by molar-refractivity contribution is 6.00. The minimum atomic E-state index is -0.645. The number of amides is 2. The number of aromatic nitrogens is 2. The summed E-state index contributed by atoms with van der Waals surface area (Å²) >= 11 is 0. The molecule has 210 valence electrons. The quantitative estimate of drug-likeness (QED) is 0.597. The van der Waals surface area contributed by atoms with Crippen LogP contribution in [-0.2, 0) is 16.6 Å². The molecule has 4 aliphatic rings. The van der Waals surface area contributed by atoms with Gasteiger partial charge in [-0.15, -0.1) is 0 Å². The SMILES string of the molecule is CC.CC.Cn1c(=O)n(C2CCC(=O)NC2=O)c2ccc(N3CCC(N4CCCC45CCNC5)CC3)cc21. The van der Waals surface area contributed by atoms with Crippen molar-refractivity contribution in [1.29, 1.82) is 0 Å². The zero-order valence-electron chi connectivity index (χ0n) is 23.9. The van der Waals surface area contributed by atoms with Crippen molar-refractivity contribution in [1.82, 2.24) is 24.7 Å². The molecule has 2 atom stereocenters. The Morgan fingerprint density at radius 1 is 0.921 bits per heavy atom. The Kier molecular flexibility index (Phi) is 8.98. The van der Waals surface area contributed by atoms with E-state index in [9.17, 15) is 14.4 Å². The standard InChI is InChI=1S/C25H34N6O3.2C2H6/c1-28-21-15-18(3-4-19(21)31(24(28)34)20-5-6-22(32)27-23(20)33)29-13-7-17(8-14-29)30-12-2-9-25(30)10-11-26-16-25;2*1-2/h3-4,15,17,20,26H,2,5-14,16H2,1H3,(H,27,32,33);2*1-2H3. The van der Waals surface area contributed by atoms with Crippen LogP contribution in [0.25, 0.3) is 11.0 Å².